The smallest absolute Gasteiger partial charge is 0.00841 e. The number of rotatable bonds is 0. The second kappa shape index (κ2) is 0.637. The van der Waals surface area contributed by atoms with E-state index in [0.29, 0.717) is 10.8 Å². The van der Waals surface area contributed by atoms with Gasteiger partial charge in [0.25, 0.3) is 0 Å². The van der Waals surface area contributed by atoms with Gasteiger partial charge in [-0.25, -0.2) is 0 Å². The normalized spacial score (nSPS) is 62.0. The quantitative estimate of drug-likeness (QED) is 0.412. The minimum Gasteiger partial charge on any atom is -0.0776 e. The van der Waals surface area contributed by atoms with Gasteiger partial charge in [0.15, 0.2) is 0 Å². The maximum atomic E-state index is 2.38. The van der Waals surface area contributed by atoms with E-state index in [1.54, 1.807) is 0 Å². The molecule has 2 bridgehead atoms. The van der Waals surface area contributed by atoms with Crippen molar-refractivity contribution >= 4 is 0 Å². The van der Waals surface area contributed by atoms with E-state index in [9.17, 15) is 0 Å². The number of allylic oxidation sites excluding steroid dienone is 4. The van der Waals surface area contributed by atoms with Crippen molar-refractivity contribution in [1.82, 2.24) is 0 Å². The van der Waals surface area contributed by atoms with Gasteiger partial charge in [-0.3, -0.25) is 0 Å². The number of hydrogen-bond acceptors (Lipinski definition) is 0. The van der Waals surface area contributed by atoms with Crippen molar-refractivity contribution in [2.24, 2.45) is 10.8 Å². The summed E-state index contributed by atoms with van der Waals surface area (Å²) in [5.41, 5.74) is 1.17. The van der Waals surface area contributed by atoms with Crippen molar-refractivity contribution in [3.63, 3.8) is 0 Å². The zero-order chi connectivity index (χ0) is 5.24. The van der Waals surface area contributed by atoms with Gasteiger partial charge in [0.2, 0.25) is 0 Å². The van der Waals surface area contributed by atoms with Crippen molar-refractivity contribution in [3.05, 3.63) is 24.3 Å². The highest BCUT2D eigenvalue weighted by Gasteiger charge is 2.58. The fourth-order valence-electron chi connectivity index (χ4n) is 2.42. The van der Waals surface area contributed by atoms with Gasteiger partial charge in [0.1, 0.15) is 0 Å². The molecule has 0 nitrogen and oxygen atoms in total. The predicted octanol–water partition coefficient (Wildman–Crippen LogP) is 1.89. The Bertz CT molecular complexity index is 164. The molecule has 0 heteroatoms. The molecule has 0 heterocycles. The van der Waals surface area contributed by atoms with Crippen LogP contribution >= 0.6 is 0 Å². The minimum atomic E-state index is 0.583. The molecule has 0 radical (unpaired) electrons. The predicted molar refractivity (Wildman–Crippen MR) is 32.4 cm³/mol. The number of hydrogen-bond donors (Lipinski definition) is 0. The van der Waals surface area contributed by atoms with Crippen LogP contribution in [-0.2, 0) is 0 Å². The van der Waals surface area contributed by atoms with Crippen LogP contribution in [0.1, 0.15) is 12.8 Å². The summed E-state index contributed by atoms with van der Waals surface area (Å²) in [5.74, 6) is 0. The highest BCUT2D eigenvalue weighted by molar-refractivity contribution is 5.44. The lowest BCUT2D eigenvalue weighted by molar-refractivity contribution is 0.201. The largest absolute Gasteiger partial charge is 0.0776 e. The van der Waals surface area contributed by atoms with Gasteiger partial charge in [-0.05, 0) is 12.8 Å². The summed E-state index contributed by atoms with van der Waals surface area (Å²) < 4.78 is 0. The summed E-state index contributed by atoms with van der Waals surface area (Å²) in [6.45, 7) is 0. The van der Waals surface area contributed by atoms with Crippen molar-refractivity contribution in [2.75, 3.05) is 0 Å². The van der Waals surface area contributed by atoms with Crippen LogP contribution in [0, 0.1) is 10.8 Å². The molecule has 5 rings (SSSR count). The van der Waals surface area contributed by atoms with Crippen LogP contribution in [0.2, 0.25) is 0 Å². The van der Waals surface area contributed by atoms with Crippen LogP contribution in [0.4, 0.5) is 0 Å². The summed E-state index contributed by atoms with van der Waals surface area (Å²) in [7, 11) is 0. The Morgan fingerprint density at radius 3 is 1.25 bits per heavy atom. The van der Waals surface area contributed by atoms with Gasteiger partial charge in [0, 0.05) is 10.8 Å². The van der Waals surface area contributed by atoms with E-state index < -0.39 is 0 Å². The Kier molecular flexibility index (Phi) is 0.278. The van der Waals surface area contributed by atoms with Crippen LogP contribution < -0.4 is 0 Å². The summed E-state index contributed by atoms with van der Waals surface area (Å²) in [5, 5.41) is 0. The molecule has 0 aromatic heterocycles. The molecule has 1 fully saturated rings. The lowest BCUT2D eigenvalue weighted by Crippen LogP contribution is -2.28. The third kappa shape index (κ3) is 0.169. The Labute approximate surface area is 48.9 Å². The first kappa shape index (κ1) is 3.49. The Hall–Kier alpha value is -0.520. The van der Waals surface area contributed by atoms with Crippen LogP contribution in [0.3, 0.4) is 0 Å². The average molecular weight is 104 g/mol. The van der Waals surface area contributed by atoms with E-state index >= 15 is 0 Å². The van der Waals surface area contributed by atoms with Gasteiger partial charge in [-0.2, -0.15) is 0 Å². The van der Waals surface area contributed by atoms with Gasteiger partial charge in [-0.15, -0.1) is 0 Å². The molecule has 5 aliphatic carbocycles. The Morgan fingerprint density at radius 1 is 0.750 bits per heavy atom. The molecule has 5 aliphatic rings. The maximum Gasteiger partial charge on any atom is 0.00841 e. The zero-order valence-corrected chi connectivity index (χ0v) is 4.72. The van der Waals surface area contributed by atoms with Crippen molar-refractivity contribution in [2.45, 2.75) is 12.8 Å². The van der Waals surface area contributed by atoms with E-state index in [0.717, 1.165) is 0 Å². The molecule has 0 unspecified atom stereocenters. The minimum absolute atomic E-state index is 0.583. The second-order valence-electron chi connectivity index (χ2n) is 3.49. The first-order valence-electron chi connectivity index (χ1n) is 3.24. The van der Waals surface area contributed by atoms with Crippen LogP contribution in [0.15, 0.2) is 24.3 Å². The summed E-state index contributed by atoms with van der Waals surface area (Å²) >= 11 is 0. The highest BCUT2D eigenvalue weighted by atomic mass is 14.6. The third-order valence-corrected chi connectivity index (χ3v) is 2.81. The monoisotopic (exact) mass is 104 g/mol. The standard InChI is InChI=1S/C8H8/c1-2-8-4-3-7(1,5-8)6-8/h1-4H,5-6H2. The van der Waals surface area contributed by atoms with E-state index in [4.69, 9.17) is 0 Å². The molecule has 0 saturated heterocycles. The Balaban J connectivity index is 2.38. The van der Waals surface area contributed by atoms with Crippen LogP contribution in [0.25, 0.3) is 0 Å². The molecule has 1 saturated carbocycles. The molecular formula is C8H8. The van der Waals surface area contributed by atoms with E-state index in [1.165, 1.54) is 12.8 Å². The molecule has 0 atom stereocenters. The van der Waals surface area contributed by atoms with Gasteiger partial charge >= 0.3 is 0 Å². The van der Waals surface area contributed by atoms with Crippen molar-refractivity contribution in [1.29, 1.82) is 0 Å². The van der Waals surface area contributed by atoms with Crippen molar-refractivity contribution < 1.29 is 0 Å². The molecule has 0 N–H and O–H groups in total. The highest BCUT2D eigenvalue weighted by Crippen LogP contribution is 2.68. The average Bonchev–Trinajstić information content (AvgIpc) is 2.24. The fourth-order valence-corrected chi connectivity index (χ4v) is 2.42. The first-order chi connectivity index (χ1) is 3.83. The summed E-state index contributed by atoms with van der Waals surface area (Å²) in [4.78, 5) is 0. The van der Waals surface area contributed by atoms with Gasteiger partial charge < -0.3 is 0 Å². The first-order valence-corrected chi connectivity index (χ1v) is 3.24. The Morgan fingerprint density at radius 2 is 1.12 bits per heavy atom. The van der Waals surface area contributed by atoms with E-state index in [1.807, 2.05) is 0 Å². The molecule has 0 aliphatic heterocycles. The molecule has 8 heavy (non-hydrogen) atoms. The van der Waals surface area contributed by atoms with Crippen LogP contribution in [-0.4, -0.2) is 0 Å². The van der Waals surface area contributed by atoms with E-state index in [-0.39, 0.29) is 0 Å². The van der Waals surface area contributed by atoms with Crippen molar-refractivity contribution in [3.8, 4) is 0 Å². The second-order valence-corrected chi connectivity index (χ2v) is 3.49. The zero-order valence-electron chi connectivity index (χ0n) is 4.72. The third-order valence-electron chi connectivity index (χ3n) is 2.81. The van der Waals surface area contributed by atoms with E-state index in [2.05, 4.69) is 24.3 Å². The summed E-state index contributed by atoms with van der Waals surface area (Å²) in [6, 6.07) is 0. The lowest BCUT2D eigenvalue weighted by atomic mass is 9.66. The molecule has 0 amide bonds. The molecule has 0 spiro atoms. The fraction of sp³-hybridized carbons (Fsp3) is 0.500. The molecule has 0 aromatic rings. The summed E-state index contributed by atoms with van der Waals surface area (Å²) in [6.07, 6.45) is 12.3. The maximum absolute atomic E-state index is 2.38. The topological polar surface area (TPSA) is 0 Å². The molecular weight excluding hydrogens is 96.1 g/mol. The lowest BCUT2D eigenvalue weighted by Gasteiger charge is -2.37. The van der Waals surface area contributed by atoms with Crippen LogP contribution in [0.5, 0.6) is 0 Å². The molecule has 40 valence electrons. The SMILES string of the molecule is C1=CC23C=CC1(C2)C3. The van der Waals surface area contributed by atoms with Gasteiger partial charge in [-0.1, -0.05) is 24.3 Å². The molecule has 0 aromatic carbocycles. The van der Waals surface area contributed by atoms with Gasteiger partial charge in [0.05, 0.1) is 0 Å².